The highest BCUT2D eigenvalue weighted by atomic mass is 35.5. The van der Waals surface area contributed by atoms with Gasteiger partial charge in [-0.3, -0.25) is 4.79 Å². The van der Waals surface area contributed by atoms with Crippen LogP contribution in [0.4, 0.5) is 43.9 Å². The van der Waals surface area contributed by atoms with E-state index in [1.54, 1.807) is 0 Å². The highest BCUT2D eigenvalue weighted by molar-refractivity contribution is 7.91. The van der Waals surface area contributed by atoms with Gasteiger partial charge in [0.05, 0.1) is 27.3 Å². The molecule has 0 aliphatic rings. The second-order valence-corrected chi connectivity index (χ2v) is 11.8. The van der Waals surface area contributed by atoms with Crippen molar-refractivity contribution in [2.45, 2.75) is 37.8 Å². The molecule has 2 atom stereocenters. The lowest BCUT2D eigenvalue weighted by Gasteiger charge is -2.18. The highest BCUT2D eigenvalue weighted by Gasteiger charge is 2.40. The number of benzene rings is 2. The van der Waals surface area contributed by atoms with E-state index in [4.69, 9.17) is 23.2 Å². The van der Waals surface area contributed by atoms with Gasteiger partial charge in [0.1, 0.15) is 5.75 Å². The number of allylic oxidation sites excluding steroid dienone is 1. The van der Waals surface area contributed by atoms with Crippen LogP contribution in [0, 0.1) is 11.7 Å². The Bertz CT molecular complexity index is 1360. The van der Waals surface area contributed by atoms with Gasteiger partial charge in [-0.1, -0.05) is 54.4 Å². The molecule has 2 aromatic carbocycles. The topological polar surface area (TPSA) is 51.2 Å². The zero-order valence-electron chi connectivity index (χ0n) is 20.0. The molecule has 222 valence electrons. The third kappa shape index (κ3) is 9.65. The van der Waals surface area contributed by atoms with Crippen LogP contribution in [0.1, 0.15) is 46.3 Å². The number of Topliss-reactive ketones (excluding diaryl/α,β-unsaturated/α-hetero) is 1. The predicted molar refractivity (Wildman–Crippen MR) is 129 cm³/mol. The number of ketones is 1. The summed E-state index contributed by atoms with van der Waals surface area (Å²) in [7, 11) is -4.71. The monoisotopic (exact) mass is 646 g/mol. The number of rotatable bonds is 9. The van der Waals surface area contributed by atoms with Crippen LogP contribution in [-0.4, -0.2) is 38.1 Å². The summed E-state index contributed by atoms with van der Waals surface area (Å²) in [6.45, 7) is 1.07. The van der Waals surface area contributed by atoms with Crippen LogP contribution in [0.15, 0.2) is 36.4 Å². The molecule has 0 heterocycles. The van der Waals surface area contributed by atoms with Crippen molar-refractivity contribution in [2.75, 3.05) is 11.5 Å². The van der Waals surface area contributed by atoms with E-state index in [1.807, 2.05) is 0 Å². The molecule has 3 nitrogen and oxygen atoms in total. The molecule has 16 heteroatoms. The molecular weight excluding hydrogens is 629 g/mol. The Kier molecular flexibility index (Phi) is 10.4. The molecule has 1 unspecified atom stereocenters. The Balaban J connectivity index is 2.39. The summed E-state index contributed by atoms with van der Waals surface area (Å²) in [6, 6.07) is 3.25. The third-order valence-electron chi connectivity index (χ3n) is 5.30. The van der Waals surface area contributed by atoms with E-state index in [-0.39, 0.29) is 0 Å². The first kappa shape index (κ1) is 33.9. The van der Waals surface area contributed by atoms with Crippen LogP contribution in [0.2, 0.25) is 10.0 Å². The number of hydrogen-bond donors (Lipinski definition) is 0. The lowest BCUT2D eigenvalue weighted by molar-refractivity contribution is -0.139. The standard InChI is InChI=1S/C24H18Cl2F10O3S/c1-12(10-40(38,39)11-22(28,29)30)6-20(37)15-4-2-13(7-17(15)24(34,35)36)3-5-16(23(31,32)33)14-8-18(25)21(27)19(26)9-14/h2-5,7-9,12,16H,6,10-11H2,1H3/b5-3+/t12-,16?/m0/s1. The molecule has 0 spiro atoms. The van der Waals surface area contributed by atoms with Crippen molar-refractivity contribution in [3.8, 4) is 0 Å². The van der Waals surface area contributed by atoms with Gasteiger partial charge < -0.3 is 0 Å². The van der Waals surface area contributed by atoms with Crippen LogP contribution < -0.4 is 0 Å². The Morgan fingerprint density at radius 2 is 1.50 bits per heavy atom. The Morgan fingerprint density at radius 1 is 0.950 bits per heavy atom. The minimum Gasteiger partial charge on any atom is -0.294 e. The van der Waals surface area contributed by atoms with Gasteiger partial charge in [-0.15, -0.1) is 0 Å². The van der Waals surface area contributed by atoms with Crippen LogP contribution in [-0.2, 0) is 16.0 Å². The molecule has 0 N–H and O–H groups in total. The van der Waals surface area contributed by atoms with E-state index in [2.05, 4.69) is 0 Å². The molecule has 0 aromatic heterocycles. The molecule has 0 aliphatic carbocycles. The average Bonchev–Trinajstić information content (AvgIpc) is 2.73. The maximum Gasteiger partial charge on any atom is 0.417 e. The second-order valence-electron chi connectivity index (χ2n) is 8.88. The van der Waals surface area contributed by atoms with E-state index >= 15 is 0 Å². The molecule has 2 aromatic rings. The first-order valence-corrected chi connectivity index (χ1v) is 13.5. The minimum atomic E-state index is -5.18. The minimum absolute atomic E-state index is 0.382. The van der Waals surface area contributed by atoms with Crippen molar-refractivity contribution in [3.63, 3.8) is 0 Å². The summed E-state index contributed by atoms with van der Waals surface area (Å²) in [4.78, 5) is 12.5. The third-order valence-corrected chi connectivity index (χ3v) is 7.70. The van der Waals surface area contributed by atoms with Crippen molar-refractivity contribution in [1.29, 1.82) is 0 Å². The van der Waals surface area contributed by atoms with Crippen LogP contribution in [0.5, 0.6) is 0 Å². The maximum atomic E-state index is 13.7. The number of alkyl halides is 9. The predicted octanol–water partition coefficient (Wildman–Crippen LogP) is 8.70. The first-order chi connectivity index (χ1) is 18.0. The van der Waals surface area contributed by atoms with Crippen molar-refractivity contribution in [3.05, 3.63) is 74.5 Å². The molecule has 0 aliphatic heterocycles. The fourth-order valence-electron chi connectivity index (χ4n) is 3.74. The lowest BCUT2D eigenvalue weighted by Crippen LogP contribution is -2.28. The first-order valence-electron chi connectivity index (χ1n) is 10.9. The summed E-state index contributed by atoms with van der Waals surface area (Å²) in [6.07, 6.45) is -14.9. The van der Waals surface area contributed by atoms with Crippen molar-refractivity contribution < 1.29 is 57.1 Å². The number of hydrogen-bond acceptors (Lipinski definition) is 3. The smallest absolute Gasteiger partial charge is 0.294 e. The number of halogens is 12. The number of sulfone groups is 1. The largest absolute Gasteiger partial charge is 0.417 e. The number of carbonyl (C=O) groups is 1. The molecule has 0 radical (unpaired) electrons. The van der Waals surface area contributed by atoms with Crippen molar-refractivity contribution in [2.24, 2.45) is 5.92 Å². The molecule has 2 rings (SSSR count). The van der Waals surface area contributed by atoms with Gasteiger partial charge in [-0.25, -0.2) is 12.8 Å². The van der Waals surface area contributed by atoms with Crippen LogP contribution in [0.3, 0.4) is 0 Å². The molecular formula is C24H18Cl2F10O3S. The quantitative estimate of drug-likeness (QED) is 0.156. The van der Waals surface area contributed by atoms with Gasteiger partial charge in [0, 0.05) is 12.0 Å². The molecule has 40 heavy (non-hydrogen) atoms. The average molecular weight is 647 g/mol. The zero-order valence-corrected chi connectivity index (χ0v) is 22.3. The van der Waals surface area contributed by atoms with Gasteiger partial charge in [-0.05, 0) is 35.2 Å². The normalized spacial score (nSPS) is 14.9. The van der Waals surface area contributed by atoms with Crippen molar-refractivity contribution >= 4 is 44.9 Å². The Morgan fingerprint density at radius 3 is 1.98 bits per heavy atom. The van der Waals surface area contributed by atoms with E-state index in [1.165, 1.54) is 0 Å². The summed E-state index contributed by atoms with van der Waals surface area (Å²) in [5.74, 6) is -9.42. The molecule has 0 amide bonds. The Labute approximate surface area is 231 Å². The zero-order chi connectivity index (χ0) is 30.8. The van der Waals surface area contributed by atoms with Gasteiger partial charge in [0.2, 0.25) is 0 Å². The lowest BCUT2D eigenvalue weighted by atomic mass is 9.93. The Hall–Kier alpha value is -2.32. The molecule has 0 saturated carbocycles. The molecule has 0 bridgehead atoms. The fourth-order valence-corrected chi connectivity index (χ4v) is 5.85. The second kappa shape index (κ2) is 12.3. The maximum absolute atomic E-state index is 13.7. The summed E-state index contributed by atoms with van der Waals surface area (Å²) >= 11 is 11.1. The van der Waals surface area contributed by atoms with Crippen LogP contribution in [0.25, 0.3) is 6.08 Å². The molecule has 0 fully saturated rings. The fraction of sp³-hybridized carbons (Fsp3) is 0.375. The summed E-state index contributed by atoms with van der Waals surface area (Å²) in [5, 5.41) is -1.43. The van der Waals surface area contributed by atoms with E-state index in [0.717, 1.165) is 13.0 Å². The van der Waals surface area contributed by atoms with Gasteiger partial charge in [0.25, 0.3) is 0 Å². The van der Waals surface area contributed by atoms with E-state index in [0.29, 0.717) is 36.4 Å². The van der Waals surface area contributed by atoms with E-state index < -0.39 is 102 Å². The van der Waals surface area contributed by atoms with Gasteiger partial charge in [0.15, 0.2) is 21.4 Å². The van der Waals surface area contributed by atoms with Gasteiger partial charge in [-0.2, -0.15) is 39.5 Å². The SMILES string of the molecule is C[C@@H](CC(=O)c1ccc(/C=C/C(c2cc(Cl)c(F)c(Cl)c2)C(F)(F)F)cc1C(F)(F)F)CS(=O)(=O)CC(F)(F)F. The summed E-state index contributed by atoms with van der Waals surface area (Å²) in [5.41, 5.74) is -3.52. The number of carbonyl (C=O) groups excluding carboxylic acids is 1. The summed E-state index contributed by atoms with van der Waals surface area (Å²) < 4.78 is 156. The van der Waals surface area contributed by atoms with Crippen LogP contribution >= 0.6 is 23.2 Å². The molecule has 0 saturated heterocycles. The van der Waals surface area contributed by atoms with E-state index in [9.17, 15) is 57.1 Å². The van der Waals surface area contributed by atoms with Crippen molar-refractivity contribution in [1.82, 2.24) is 0 Å². The van der Waals surface area contributed by atoms with Gasteiger partial charge >= 0.3 is 18.5 Å². The highest BCUT2D eigenvalue weighted by Crippen LogP contribution is 2.40.